The standard InChI is InChI=1S/C10H16N4O2S2/c1-7-3-4-12-10(8(7)9(11)17)13-5-6-14-18(2,15)16/h3-4,14H,5-6H2,1-2H3,(H2,11,17)(H,12,13). The molecule has 1 rings (SSSR count). The summed E-state index contributed by atoms with van der Waals surface area (Å²) >= 11 is 4.96. The molecule has 0 fully saturated rings. The lowest BCUT2D eigenvalue weighted by atomic mass is 10.1. The van der Waals surface area contributed by atoms with Crippen molar-refractivity contribution in [2.75, 3.05) is 24.7 Å². The van der Waals surface area contributed by atoms with Gasteiger partial charge < -0.3 is 11.1 Å². The summed E-state index contributed by atoms with van der Waals surface area (Å²) in [5.74, 6) is 0.567. The average molecular weight is 288 g/mol. The number of sulfonamides is 1. The molecule has 0 aliphatic carbocycles. The molecule has 0 bridgehead atoms. The van der Waals surface area contributed by atoms with E-state index in [1.807, 2.05) is 13.0 Å². The van der Waals surface area contributed by atoms with Crippen LogP contribution in [0.2, 0.25) is 0 Å². The second-order valence-corrected chi connectivity index (χ2v) is 6.08. The van der Waals surface area contributed by atoms with Crippen molar-refractivity contribution in [1.29, 1.82) is 0 Å². The fourth-order valence-electron chi connectivity index (χ4n) is 1.42. The number of aryl methyl sites for hydroxylation is 1. The second-order valence-electron chi connectivity index (χ2n) is 3.81. The van der Waals surface area contributed by atoms with E-state index in [1.54, 1.807) is 6.20 Å². The van der Waals surface area contributed by atoms with E-state index in [0.29, 0.717) is 17.9 Å². The van der Waals surface area contributed by atoms with Crippen molar-refractivity contribution in [3.05, 3.63) is 23.4 Å². The Hall–Kier alpha value is -1.25. The summed E-state index contributed by atoms with van der Waals surface area (Å²) in [6, 6.07) is 1.81. The highest BCUT2D eigenvalue weighted by Crippen LogP contribution is 2.15. The number of nitrogens with two attached hydrogens (primary N) is 1. The van der Waals surface area contributed by atoms with Crippen LogP contribution in [-0.4, -0.2) is 37.7 Å². The van der Waals surface area contributed by atoms with Gasteiger partial charge in [-0.05, 0) is 18.6 Å². The first-order valence-corrected chi connectivity index (χ1v) is 7.55. The minimum atomic E-state index is -3.17. The van der Waals surface area contributed by atoms with Gasteiger partial charge in [0, 0.05) is 19.3 Å². The predicted molar refractivity (Wildman–Crippen MR) is 76.2 cm³/mol. The Morgan fingerprint density at radius 1 is 1.50 bits per heavy atom. The molecule has 100 valence electrons. The van der Waals surface area contributed by atoms with Crippen LogP contribution in [0.3, 0.4) is 0 Å². The Bertz CT molecular complexity index is 543. The van der Waals surface area contributed by atoms with Gasteiger partial charge in [-0.25, -0.2) is 18.1 Å². The molecule has 0 aliphatic heterocycles. The quantitative estimate of drug-likeness (QED) is 0.503. The van der Waals surface area contributed by atoms with Crippen LogP contribution in [0.25, 0.3) is 0 Å². The molecule has 0 saturated heterocycles. The van der Waals surface area contributed by atoms with Gasteiger partial charge in [-0.15, -0.1) is 0 Å². The molecule has 0 aromatic carbocycles. The number of hydrogen-bond donors (Lipinski definition) is 3. The molecular weight excluding hydrogens is 272 g/mol. The summed E-state index contributed by atoms with van der Waals surface area (Å²) in [5.41, 5.74) is 7.24. The van der Waals surface area contributed by atoms with Crippen LogP contribution in [0, 0.1) is 6.92 Å². The molecule has 6 nitrogen and oxygen atoms in total. The third-order valence-electron chi connectivity index (χ3n) is 2.19. The normalized spacial score (nSPS) is 11.2. The average Bonchev–Trinajstić information content (AvgIpc) is 2.22. The first kappa shape index (κ1) is 14.8. The number of pyridine rings is 1. The predicted octanol–water partition coefficient (Wildman–Crippen LogP) is -0.0147. The van der Waals surface area contributed by atoms with Crippen LogP contribution in [-0.2, 0) is 10.0 Å². The first-order chi connectivity index (χ1) is 8.31. The largest absolute Gasteiger partial charge is 0.389 e. The van der Waals surface area contributed by atoms with Gasteiger partial charge in [-0.2, -0.15) is 0 Å². The van der Waals surface area contributed by atoms with Crippen LogP contribution < -0.4 is 15.8 Å². The van der Waals surface area contributed by atoms with E-state index < -0.39 is 10.0 Å². The molecule has 4 N–H and O–H groups in total. The van der Waals surface area contributed by atoms with Gasteiger partial charge >= 0.3 is 0 Å². The Balaban J connectivity index is 2.68. The van der Waals surface area contributed by atoms with E-state index in [2.05, 4.69) is 15.0 Å². The maximum Gasteiger partial charge on any atom is 0.208 e. The molecule has 1 aromatic rings. The van der Waals surface area contributed by atoms with E-state index in [1.165, 1.54) is 0 Å². The zero-order valence-electron chi connectivity index (χ0n) is 10.2. The Kier molecular flexibility index (Phi) is 5.00. The van der Waals surface area contributed by atoms with E-state index in [0.717, 1.165) is 11.8 Å². The Morgan fingerprint density at radius 3 is 2.72 bits per heavy atom. The van der Waals surface area contributed by atoms with Gasteiger partial charge in [-0.3, -0.25) is 0 Å². The van der Waals surface area contributed by atoms with E-state index >= 15 is 0 Å². The fraction of sp³-hybridized carbons (Fsp3) is 0.400. The smallest absolute Gasteiger partial charge is 0.208 e. The second kappa shape index (κ2) is 6.07. The van der Waals surface area contributed by atoms with Gasteiger partial charge in [0.2, 0.25) is 10.0 Å². The van der Waals surface area contributed by atoms with Gasteiger partial charge in [0.15, 0.2) is 0 Å². The van der Waals surface area contributed by atoms with Crippen molar-refractivity contribution in [1.82, 2.24) is 9.71 Å². The van der Waals surface area contributed by atoms with Crippen LogP contribution in [0.15, 0.2) is 12.3 Å². The summed E-state index contributed by atoms with van der Waals surface area (Å²) in [6.45, 7) is 2.56. The third-order valence-corrected chi connectivity index (χ3v) is 3.12. The highest BCUT2D eigenvalue weighted by atomic mass is 32.2. The van der Waals surface area contributed by atoms with Crippen molar-refractivity contribution in [2.24, 2.45) is 5.73 Å². The highest BCUT2D eigenvalue weighted by Gasteiger charge is 2.09. The lowest BCUT2D eigenvalue weighted by molar-refractivity contribution is 0.589. The molecule has 0 aliphatic rings. The summed E-state index contributed by atoms with van der Waals surface area (Å²) < 4.78 is 24.1. The number of hydrogen-bond acceptors (Lipinski definition) is 5. The molecule has 0 radical (unpaired) electrons. The molecule has 1 heterocycles. The molecule has 0 spiro atoms. The molecule has 0 unspecified atom stereocenters. The van der Waals surface area contributed by atoms with Crippen molar-refractivity contribution in [3.63, 3.8) is 0 Å². The zero-order valence-corrected chi connectivity index (χ0v) is 11.9. The number of nitrogens with one attached hydrogen (secondary N) is 2. The topological polar surface area (TPSA) is 97.1 Å². The van der Waals surface area contributed by atoms with Gasteiger partial charge in [-0.1, -0.05) is 12.2 Å². The number of thiocarbonyl (C=S) groups is 1. The maximum atomic E-state index is 10.9. The maximum absolute atomic E-state index is 10.9. The summed E-state index contributed by atoms with van der Waals surface area (Å²) in [6.07, 6.45) is 2.75. The number of rotatable bonds is 6. The van der Waals surface area contributed by atoms with Crippen molar-refractivity contribution >= 4 is 33.0 Å². The van der Waals surface area contributed by atoms with Crippen molar-refractivity contribution in [2.45, 2.75) is 6.92 Å². The number of aromatic nitrogens is 1. The van der Waals surface area contributed by atoms with Gasteiger partial charge in [0.05, 0.1) is 11.8 Å². The van der Waals surface area contributed by atoms with E-state index in [9.17, 15) is 8.42 Å². The SMILES string of the molecule is Cc1ccnc(NCCNS(C)(=O)=O)c1C(N)=S. The summed E-state index contributed by atoms with van der Waals surface area (Å²) in [5, 5.41) is 3.00. The van der Waals surface area contributed by atoms with Crippen molar-refractivity contribution in [3.8, 4) is 0 Å². The molecule has 0 saturated carbocycles. The Labute approximate surface area is 112 Å². The van der Waals surface area contributed by atoms with Crippen LogP contribution in [0.1, 0.15) is 11.1 Å². The van der Waals surface area contributed by atoms with Crippen LogP contribution in [0.4, 0.5) is 5.82 Å². The lowest BCUT2D eigenvalue weighted by Crippen LogP contribution is -2.28. The molecule has 18 heavy (non-hydrogen) atoms. The summed E-state index contributed by atoms with van der Waals surface area (Å²) in [7, 11) is -3.17. The molecule has 0 atom stereocenters. The van der Waals surface area contributed by atoms with Crippen LogP contribution in [0.5, 0.6) is 0 Å². The van der Waals surface area contributed by atoms with Gasteiger partial charge in [0.25, 0.3) is 0 Å². The number of anilines is 1. The lowest BCUT2D eigenvalue weighted by Gasteiger charge is -2.12. The summed E-state index contributed by atoms with van der Waals surface area (Å²) in [4.78, 5) is 4.40. The monoisotopic (exact) mass is 288 g/mol. The van der Waals surface area contributed by atoms with E-state index in [-0.39, 0.29) is 11.5 Å². The number of nitrogens with zero attached hydrogens (tertiary/aromatic N) is 1. The molecule has 8 heteroatoms. The van der Waals surface area contributed by atoms with Crippen LogP contribution >= 0.6 is 12.2 Å². The van der Waals surface area contributed by atoms with Crippen molar-refractivity contribution < 1.29 is 8.42 Å². The Morgan fingerprint density at radius 2 is 2.17 bits per heavy atom. The van der Waals surface area contributed by atoms with E-state index in [4.69, 9.17) is 18.0 Å². The molecular formula is C10H16N4O2S2. The fourth-order valence-corrected chi connectivity index (χ4v) is 2.15. The van der Waals surface area contributed by atoms with Gasteiger partial charge in [0.1, 0.15) is 10.8 Å². The third kappa shape index (κ3) is 4.55. The first-order valence-electron chi connectivity index (χ1n) is 5.25. The zero-order chi connectivity index (χ0) is 13.8. The molecule has 1 aromatic heterocycles. The minimum Gasteiger partial charge on any atom is -0.389 e. The highest BCUT2D eigenvalue weighted by molar-refractivity contribution is 7.88. The minimum absolute atomic E-state index is 0.263. The molecule has 0 amide bonds.